The molecule has 1 N–H and O–H groups in total. The highest BCUT2D eigenvalue weighted by molar-refractivity contribution is 6.30. The van der Waals surface area contributed by atoms with Gasteiger partial charge in [-0.3, -0.25) is 9.59 Å². The molecule has 0 aliphatic carbocycles. The van der Waals surface area contributed by atoms with E-state index in [9.17, 15) is 9.59 Å². The number of carbonyl (C=O) groups excluding carboxylic acids is 2. The minimum Gasteiger partial charge on any atom is -0.305 e. The van der Waals surface area contributed by atoms with E-state index in [2.05, 4.69) is 5.32 Å². The summed E-state index contributed by atoms with van der Waals surface area (Å²) in [5.41, 5.74) is 1.77. The van der Waals surface area contributed by atoms with Crippen molar-refractivity contribution in [1.29, 1.82) is 0 Å². The summed E-state index contributed by atoms with van der Waals surface area (Å²) in [5, 5.41) is 3.88. The zero-order valence-electron chi connectivity index (χ0n) is 12.5. The molecule has 0 bridgehead atoms. The number of nitrogens with zero attached hydrogens (tertiary/aromatic N) is 1. The van der Waals surface area contributed by atoms with Gasteiger partial charge in [0.15, 0.2) is 0 Å². The van der Waals surface area contributed by atoms with Crippen molar-refractivity contribution < 1.29 is 9.59 Å². The van der Waals surface area contributed by atoms with E-state index in [0.29, 0.717) is 17.3 Å². The van der Waals surface area contributed by atoms with Crippen LogP contribution in [0.3, 0.4) is 0 Å². The first-order valence-electron chi connectivity index (χ1n) is 7.55. The van der Waals surface area contributed by atoms with E-state index >= 15 is 0 Å². The molecule has 23 heavy (non-hydrogen) atoms. The Kier molecular flexibility index (Phi) is 4.74. The first kappa shape index (κ1) is 15.7. The van der Waals surface area contributed by atoms with E-state index in [-0.39, 0.29) is 18.2 Å². The third-order valence-corrected chi connectivity index (χ3v) is 4.13. The third kappa shape index (κ3) is 3.60. The Labute approximate surface area is 140 Å². The van der Waals surface area contributed by atoms with E-state index in [1.807, 2.05) is 42.5 Å². The number of halogens is 1. The molecule has 0 aromatic heterocycles. The maximum Gasteiger partial charge on any atom is 0.251 e. The summed E-state index contributed by atoms with van der Waals surface area (Å²) in [7, 11) is 0. The van der Waals surface area contributed by atoms with Crippen LogP contribution in [0.2, 0.25) is 5.02 Å². The normalized spacial score (nSPS) is 17.8. The van der Waals surface area contributed by atoms with Gasteiger partial charge in [-0.05, 0) is 42.8 Å². The Morgan fingerprint density at radius 2 is 1.74 bits per heavy atom. The molecule has 1 aliphatic heterocycles. The molecule has 1 unspecified atom stereocenters. The number of carbonyl (C=O) groups is 2. The fourth-order valence-corrected chi connectivity index (χ4v) is 2.81. The second-order valence-corrected chi connectivity index (χ2v) is 5.93. The van der Waals surface area contributed by atoms with Crippen molar-refractivity contribution in [2.24, 2.45) is 0 Å². The summed E-state index contributed by atoms with van der Waals surface area (Å²) in [6.45, 7) is 0.633. The van der Waals surface area contributed by atoms with Gasteiger partial charge in [-0.1, -0.05) is 41.9 Å². The first-order chi connectivity index (χ1) is 11.1. The maximum absolute atomic E-state index is 12.4. The topological polar surface area (TPSA) is 49.4 Å². The van der Waals surface area contributed by atoms with Crippen LogP contribution < -0.4 is 10.2 Å². The van der Waals surface area contributed by atoms with E-state index < -0.39 is 6.04 Å². The monoisotopic (exact) mass is 328 g/mol. The Balaban J connectivity index is 1.58. The highest BCUT2D eigenvalue weighted by atomic mass is 35.5. The smallest absolute Gasteiger partial charge is 0.251 e. The number of benzene rings is 2. The minimum atomic E-state index is -0.449. The average molecular weight is 329 g/mol. The Morgan fingerprint density at radius 3 is 2.43 bits per heavy atom. The molecule has 5 heteroatoms. The molecule has 1 saturated heterocycles. The molecule has 0 radical (unpaired) electrons. The van der Waals surface area contributed by atoms with Crippen molar-refractivity contribution in [3.05, 3.63) is 65.2 Å². The number of nitrogens with one attached hydrogen (secondary N) is 1. The van der Waals surface area contributed by atoms with Gasteiger partial charge in [0.25, 0.3) is 5.91 Å². The average Bonchev–Trinajstić information content (AvgIpc) is 2.84. The van der Waals surface area contributed by atoms with Crippen molar-refractivity contribution in [2.75, 3.05) is 11.4 Å². The summed E-state index contributed by atoms with van der Waals surface area (Å²) in [6, 6.07) is 16.2. The number of imide groups is 1. The van der Waals surface area contributed by atoms with Crippen LogP contribution in [0.25, 0.3) is 0 Å². The molecule has 1 fully saturated rings. The van der Waals surface area contributed by atoms with Crippen molar-refractivity contribution in [3.63, 3.8) is 0 Å². The lowest BCUT2D eigenvalue weighted by Crippen LogP contribution is -2.39. The van der Waals surface area contributed by atoms with E-state index in [1.54, 1.807) is 12.1 Å². The van der Waals surface area contributed by atoms with Crippen LogP contribution in [-0.4, -0.2) is 24.4 Å². The second-order valence-electron chi connectivity index (χ2n) is 5.49. The van der Waals surface area contributed by atoms with Crippen molar-refractivity contribution >= 4 is 29.1 Å². The molecule has 2 amide bonds. The van der Waals surface area contributed by atoms with Crippen molar-refractivity contribution in [2.45, 2.75) is 18.9 Å². The van der Waals surface area contributed by atoms with Crippen LogP contribution in [0.15, 0.2) is 54.6 Å². The largest absolute Gasteiger partial charge is 0.305 e. The molecule has 2 aromatic carbocycles. The van der Waals surface area contributed by atoms with E-state index in [4.69, 9.17) is 11.6 Å². The molecule has 1 heterocycles. The number of para-hydroxylation sites is 1. The predicted octanol–water partition coefficient (Wildman–Crippen LogP) is 2.80. The summed E-state index contributed by atoms with van der Waals surface area (Å²) < 4.78 is 0. The molecule has 1 atom stereocenters. The van der Waals surface area contributed by atoms with Gasteiger partial charge in [-0.15, -0.1) is 0 Å². The zero-order chi connectivity index (χ0) is 16.2. The minimum absolute atomic E-state index is 0.162. The highest BCUT2D eigenvalue weighted by Crippen LogP contribution is 2.22. The zero-order valence-corrected chi connectivity index (χ0v) is 13.3. The quantitative estimate of drug-likeness (QED) is 0.859. The molecule has 3 rings (SSSR count). The SMILES string of the molecule is O=C1CC(NCCc2ccc(Cl)cc2)C(=O)N1c1ccccc1. The van der Waals surface area contributed by atoms with Gasteiger partial charge < -0.3 is 5.32 Å². The Bertz CT molecular complexity index is 701. The number of anilines is 1. The number of hydrogen-bond donors (Lipinski definition) is 1. The molecular weight excluding hydrogens is 312 g/mol. The number of amides is 2. The summed E-state index contributed by atoms with van der Waals surface area (Å²) in [4.78, 5) is 25.8. The van der Waals surface area contributed by atoms with Crippen LogP contribution in [0, 0.1) is 0 Å². The van der Waals surface area contributed by atoms with Gasteiger partial charge in [-0.2, -0.15) is 0 Å². The standard InChI is InChI=1S/C18H17ClN2O2/c19-14-8-6-13(7-9-14)10-11-20-16-12-17(22)21(18(16)23)15-4-2-1-3-5-15/h1-9,16,20H,10-12H2. The van der Waals surface area contributed by atoms with Gasteiger partial charge in [0.2, 0.25) is 5.91 Å². The van der Waals surface area contributed by atoms with Crippen LogP contribution in [0.5, 0.6) is 0 Å². The lowest BCUT2D eigenvalue weighted by Gasteiger charge is -2.15. The van der Waals surface area contributed by atoms with Crippen LogP contribution in [0.4, 0.5) is 5.69 Å². The lowest BCUT2D eigenvalue weighted by molar-refractivity contribution is -0.121. The Hall–Kier alpha value is -2.17. The fourth-order valence-electron chi connectivity index (χ4n) is 2.68. The lowest BCUT2D eigenvalue weighted by atomic mass is 10.1. The third-order valence-electron chi connectivity index (χ3n) is 3.88. The van der Waals surface area contributed by atoms with Crippen LogP contribution >= 0.6 is 11.6 Å². The molecule has 118 valence electrons. The summed E-state index contributed by atoms with van der Waals surface area (Å²) in [5.74, 6) is -0.345. The molecule has 1 aliphatic rings. The number of hydrogen-bond acceptors (Lipinski definition) is 3. The van der Waals surface area contributed by atoms with Gasteiger partial charge in [0.05, 0.1) is 18.2 Å². The highest BCUT2D eigenvalue weighted by Gasteiger charge is 2.38. The molecule has 2 aromatic rings. The van der Waals surface area contributed by atoms with Crippen LogP contribution in [0.1, 0.15) is 12.0 Å². The molecule has 0 saturated carbocycles. The maximum atomic E-state index is 12.4. The van der Waals surface area contributed by atoms with Crippen LogP contribution in [-0.2, 0) is 16.0 Å². The molecule has 4 nitrogen and oxygen atoms in total. The van der Waals surface area contributed by atoms with E-state index in [1.165, 1.54) is 4.90 Å². The van der Waals surface area contributed by atoms with Gasteiger partial charge >= 0.3 is 0 Å². The van der Waals surface area contributed by atoms with E-state index in [0.717, 1.165) is 12.0 Å². The molecule has 0 spiro atoms. The van der Waals surface area contributed by atoms with Gasteiger partial charge in [0, 0.05) is 5.02 Å². The summed E-state index contributed by atoms with van der Waals surface area (Å²) >= 11 is 5.86. The van der Waals surface area contributed by atoms with Gasteiger partial charge in [-0.25, -0.2) is 4.90 Å². The number of rotatable bonds is 5. The first-order valence-corrected chi connectivity index (χ1v) is 7.92. The second kappa shape index (κ2) is 6.94. The Morgan fingerprint density at radius 1 is 1.04 bits per heavy atom. The van der Waals surface area contributed by atoms with Gasteiger partial charge in [0.1, 0.15) is 0 Å². The predicted molar refractivity (Wildman–Crippen MR) is 90.5 cm³/mol. The van der Waals surface area contributed by atoms with Crippen molar-refractivity contribution in [3.8, 4) is 0 Å². The summed E-state index contributed by atoms with van der Waals surface area (Å²) in [6.07, 6.45) is 0.981. The fraction of sp³-hybridized carbons (Fsp3) is 0.222. The van der Waals surface area contributed by atoms with Crippen molar-refractivity contribution in [1.82, 2.24) is 5.32 Å². The molecular formula is C18H17ClN2O2.